The highest BCUT2D eigenvalue weighted by molar-refractivity contribution is 6.33. The number of halogens is 1. The average Bonchev–Trinajstić information content (AvgIpc) is 3.33. The van der Waals surface area contributed by atoms with Crippen LogP contribution in [0.25, 0.3) is 22.2 Å². The molecule has 1 amide bonds. The van der Waals surface area contributed by atoms with Gasteiger partial charge >= 0.3 is 0 Å². The molecule has 3 heterocycles. The molecular formula is C28H26ClN6O. The van der Waals surface area contributed by atoms with E-state index in [0.29, 0.717) is 29.8 Å². The van der Waals surface area contributed by atoms with Crippen LogP contribution in [0.1, 0.15) is 12.8 Å². The van der Waals surface area contributed by atoms with Gasteiger partial charge in [0, 0.05) is 40.9 Å². The number of piperidine rings is 1. The van der Waals surface area contributed by atoms with Crippen molar-refractivity contribution < 1.29 is 4.79 Å². The van der Waals surface area contributed by atoms with Crippen LogP contribution >= 0.6 is 11.6 Å². The van der Waals surface area contributed by atoms with Crippen molar-refractivity contribution >= 4 is 40.0 Å². The molecule has 0 aliphatic carbocycles. The number of nitrogens with one attached hydrogen (secondary N) is 2. The zero-order valence-electron chi connectivity index (χ0n) is 19.7. The van der Waals surface area contributed by atoms with Gasteiger partial charge in [0.15, 0.2) is 0 Å². The van der Waals surface area contributed by atoms with Crippen LogP contribution in [0.15, 0.2) is 60.9 Å². The van der Waals surface area contributed by atoms with Crippen molar-refractivity contribution in [2.45, 2.75) is 18.9 Å². The first-order chi connectivity index (χ1) is 17.6. The van der Waals surface area contributed by atoms with Crippen LogP contribution in [-0.2, 0) is 4.79 Å². The second-order valence-corrected chi connectivity index (χ2v) is 9.21. The molecule has 5 rings (SSSR count). The molecule has 1 atom stereocenters. The van der Waals surface area contributed by atoms with E-state index < -0.39 is 0 Å². The predicted molar refractivity (Wildman–Crippen MR) is 144 cm³/mol. The smallest absolute Gasteiger partial charge is 0.242 e. The lowest BCUT2D eigenvalue weighted by Crippen LogP contribution is -2.47. The second-order valence-electron chi connectivity index (χ2n) is 8.80. The van der Waals surface area contributed by atoms with Crippen LogP contribution < -0.4 is 10.2 Å². The van der Waals surface area contributed by atoms with Gasteiger partial charge < -0.3 is 10.3 Å². The maximum Gasteiger partial charge on any atom is 0.242 e. The number of para-hydroxylation sites is 1. The Morgan fingerprint density at radius 2 is 2.14 bits per heavy atom. The lowest BCUT2D eigenvalue weighted by molar-refractivity contribution is -0.119. The Kier molecular flexibility index (Phi) is 7.17. The zero-order chi connectivity index (χ0) is 24.9. The summed E-state index contributed by atoms with van der Waals surface area (Å²) in [6.07, 6.45) is 11.0. The number of hydrogen-bond donors (Lipinski definition) is 2. The molecule has 36 heavy (non-hydrogen) atoms. The van der Waals surface area contributed by atoms with Crippen LogP contribution in [0.4, 0.5) is 11.6 Å². The summed E-state index contributed by atoms with van der Waals surface area (Å²) >= 11 is 6.48. The van der Waals surface area contributed by atoms with Crippen LogP contribution in [0.3, 0.4) is 0 Å². The Balaban J connectivity index is 1.27. The van der Waals surface area contributed by atoms with E-state index in [2.05, 4.69) is 32.2 Å². The van der Waals surface area contributed by atoms with Crippen molar-refractivity contribution in [1.82, 2.24) is 19.9 Å². The van der Waals surface area contributed by atoms with Gasteiger partial charge in [-0.2, -0.15) is 0 Å². The van der Waals surface area contributed by atoms with Crippen LogP contribution in [0.5, 0.6) is 0 Å². The first kappa shape index (κ1) is 23.9. The highest BCUT2D eigenvalue weighted by Crippen LogP contribution is 2.32. The Bertz CT molecular complexity index is 1400. The number of rotatable bonds is 7. The molecule has 2 aromatic carbocycles. The third-order valence-corrected chi connectivity index (χ3v) is 6.63. The second kappa shape index (κ2) is 10.8. The van der Waals surface area contributed by atoms with Gasteiger partial charge in [-0.05, 0) is 43.7 Å². The van der Waals surface area contributed by atoms with E-state index in [-0.39, 0.29) is 18.5 Å². The van der Waals surface area contributed by atoms with Gasteiger partial charge in [-0.3, -0.25) is 14.6 Å². The minimum absolute atomic E-state index is 0.0239. The fraction of sp³-hybridized carbons (Fsp3) is 0.250. The van der Waals surface area contributed by atoms with E-state index in [1.54, 1.807) is 23.2 Å². The molecule has 0 saturated carbocycles. The third kappa shape index (κ3) is 5.20. The third-order valence-electron chi connectivity index (χ3n) is 6.35. The van der Waals surface area contributed by atoms with E-state index in [9.17, 15) is 4.79 Å². The number of H-pyrrole nitrogens is 1. The molecule has 1 fully saturated rings. The molecule has 2 N–H and O–H groups in total. The van der Waals surface area contributed by atoms with Gasteiger partial charge in [0.25, 0.3) is 0 Å². The Labute approximate surface area is 215 Å². The fourth-order valence-electron chi connectivity index (χ4n) is 4.64. The van der Waals surface area contributed by atoms with E-state index >= 15 is 0 Å². The topological polar surface area (TPSA) is 77.2 Å². The number of carbonyl (C=O) groups is 1. The first-order valence-electron chi connectivity index (χ1n) is 11.9. The summed E-state index contributed by atoms with van der Waals surface area (Å²) in [6, 6.07) is 18.4. The van der Waals surface area contributed by atoms with Crippen LogP contribution in [0, 0.1) is 18.4 Å². The zero-order valence-corrected chi connectivity index (χ0v) is 20.5. The van der Waals surface area contributed by atoms with E-state index in [0.717, 1.165) is 41.5 Å². The van der Waals surface area contributed by atoms with Crippen molar-refractivity contribution in [1.29, 1.82) is 0 Å². The Morgan fingerprint density at radius 1 is 1.31 bits per heavy atom. The molecule has 0 unspecified atom stereocenters. The minimum Gasteiger partial charge on any atom is -0.360 e. The minimum atomic E-state index is -0.0239. The number of aromatic nitrogens is 3. The maximum atomic E-state index is 13.1. The molecular weight excluding hydrogens is 472 g/mol. The standard InChI is InChI=1S/C28H26ClN6O/c1-2-14-35(21-10-4-3-5-11-21)26(36)19-34-15-8-9-20(18-34)32-28-31-17-24(29)27(33-28)23-16-30-25-13-7-6-12-22(23)25/h1,4-7,10-13,16-17,20,30H,8-9,14-15,18-19H2,(H,31,32,33)/t20-/m1/s1. The highest BCUT2D eigenvalue weighted by Gasteiger charge is 2.25. The summed E-state index contributed by atoms with van der Waals surface area (Å²) in [4.78, 5) is 29.3. The predicted octanol–water partition coefficient (Wildman–Crippen LogP) is 4.62. The molecule has 0 spiro atoms. The normalized spacial score (nSPS) is 15.9. The highest BCUT2D eigenvalue weighted by atomic mass is 35.5. The number of benzene rings is 2. The van der Waals surface area contributed by atoms with Gasteiger partial charge in [0.1, 0.15) is 0 Å². The van der Waals surface area contributed by atoms with Gasteiger partial charge in [-0.25, -0.2) is 9.97 Å². The summed E-state index contributed by atoms with van der Waals surface area (Å²) in [5.74, 6) is 3.09. The SMILES string of the molecule is C#CCN(C(=O)CN1CCC[C@@H](Nc2ncc(Cl)c(-c3c[nH]c4ccccc34)n2)C1)c1cc[c]cc1. The number of aromatic amines is 1. The monoisotopic (exact) mass is 497 g/mol. The van der Waals surface area contributed by atoms with Crippen molar-refractivity contribution in [3.05, 3.63) is 72.0 Å². The van der Waals surface area contributed by atoms with Crippen molar-refractivity contribution in [3.63, 3.8) is 0 Å². The molecule has 0 bridgehead atoms. The Hall–Kier alpha value is -3.86. The Morgan fingerprint density at radius 3 is 2.97 bits per heavy atom. The summed E-state index contributed by atoms with van der Waals surface area (Å²) in [7, 11) is 0. The molecule has 4 aromatic rings. The summed E-state index contributed by atoms with van der Waals surface area (Å²) in [5, 5.41) is 5.00. The fourth-order valence-corrected chi connectivity index (χ4v) is 4.83. The van der Waals surface area contributed by atoms with Gasteiger partial charge in [0.05, 0.1) is 30.0 Å². The number of anilines is 2. The number of nitrogens with zero attached hydrogens (tertiary/aromatic N) is 4. The first-order valence-corrected chi connectivity index (χ1v) is 12.3. The summed E-state index contributed by atoms with van der Waals surface area (Å²) in [5.41, 5.74) is 3.42. The van der Waals surface area contributed by atoms with E-state index in [1.165, 1.54) is 0 Å². The molecule has 1 radical (unpaired) electrons. The molecule has 181 valence electrons. The van der Waals surface area contributed by atoms with E-state index in [4.69, 9.17) is 23.0 Å². The van der Waals surface area contributed by atoms with Crippen LogP contribution in [-0.4, -0.2) is 58.0 Å². The lowest BCUT2D eigenvalue weighted by atomic mass is 10.1. The largest absolute Gasteiger partial charge is 0.360 e. The van der Waals surface area contributed by atoms with Crippen molar-refractivity contribution in [3.8, 4) is 23.6 Å². The average molecular weight is 498 g/mol. The van der Waals surface area contributed by atoms with Gasteiger partial charge in [-0.15, -0.1) is 6.42 Å². The summed E-state index contributed by atoms with van der Waals surface area (Å²) < 4.78 is 0. The number of likely N-dealkylation sites (tertiary alicyclic amines) is 1. The molecule has 8 heteroatoms. The number of carbonyl (C=O) groups excluding carboxylic acids is 1. The lowest BCUT2D eigenvalue weighted by Gasteiger charge is -2.34. The van der Waals surface area contributed by atoms with Gasteiger partial charge in [0.2, 0.25) is 11.9 Å². The number of amides is 1. The molecule has 1 saturated heterocycles. The van der Waals surface area contributed by atoms with Crippen molar-refractivity contribution in [2.75, 3.05) is 36.4 Å². The molecule has 1 aliphatic heterocycles. The van der Waals surface area contributed by atoms with Crippen molar-refractivity contribution in [2.24, 2.45) is 0 Å². The number of fused-ring (bicyclic) bond motifs is 1. The summed E-state index contributed by atoms with van der Waals surface area (Å²) in [6.45, 7) is 2.07. The van der Waals surface area contributed by atoms with E-state index in [1.807, 2.05) is 42.6 Å². The number of hydrogen-bond acceptors (Lipinski definition) is 5. The number of terminal acetylenes is 1. The molecule has 7 nitrogen and oxygen atoms in total. The molecule has 2 aromatic heterocycles. The van der Waals surface area contributed by atoms with Gasteiger partial charge in [-0.1, -0.05) is 47.9 Å². The quantitative estimate of drug-likeness (QED) is 0.364. The maximum absolute atomic E-state index is 13.1. The molecule has 1 aliphatic rings. The van der Waals surface area contributed by atoms with Crippen LogP contribution in [0.2, 0.25) is 5.02 Å².